The summed E-state index contributed by atoms with van der Waals surface area (Å²) in [4.78, 5) is 24.8. The highest BCUT2D eigenvalue weighted by Gasteiger charge is 2.09. The third-order valence-electron chi connectivity index (χ3n) is 3.39. The average molecular weight is 327 g/mol. The topological polar surface area (TPSA) is 72.7 Å². The maximum Gasteiger partial charge on any atom is 0.226 e. The number of carbonyl (C=O) groups is 1. The molecule has 0 aliphatic rings. The Labute approximate surface area is 138 Å². The summed E-state index contributed by atoms with van der Waals surface area (Å²) >= 11 is 1.52. The number of hydrogen-bond donors (Lipinski definition) is 1. The van der Waals surface area contributed by atoms with E-state index in [1.54, 1.807) is 18.6 Å². The zero-order chi connectivity index (χ0) is 16.1. The third-order valence-corrected chi connectivity index (χ3v) is 4.33. The van der Waals surface area contributed by atoms with E-state index in [2.05, 4.69) is 20.3 Å². The van der Waals surface area contributed by atoms with E-state index in [0.717, 1.165) is 22.1 Å². The molecule has 118 valence electrons. The minimum absolute atomic E-state index is 0.0257. The van der Waals surface area contributed by atoms with Crippen LogP contribution in [0.1, 0.15) is 11.5 Å². The second-order valence-corrected chi connectivity index (χ2v) is 5.97. The number of carbonyl (C=O) groups excluding carboxylic acids is 1. The van der Waals surface area contributed by atoms with E-state index in [4.69, 9.17) is 0 Å². The van der Waals surface area contributed by atoms with Gasteiger partial charge in [0.25, 0.3) is 0 Å². The summed E-state index contributed by atoms with van der Waals surface area (Å²) in [6.45, 7) is 0.573. The van der Waals surface area contributed by atoms with Gasteiger partial charge in [-0.2, -0.15) is 0 Å². The van der Waals surface area contributed by atoms with Gasteiger partial charge in [0, 0.05) is 55.7 Å². The minimum atomic E-state index is -0.0257. The van der Waals surface area contributed by atoms with E-state index in [9.17, 15) is 4.79 Å². The van der Waals surface area contributed by atoms with Gasteiger partial charge in [0.1, 0.15) is 10.8 Å². The van der Waals surface area contributed by atoms with Crippen molar-refractivity contribution in [3.05, 3.63) is 53.8 Å². The molecule has 7 heteroatoms. The SMILES string of the molecule is Cn1ccnc1CCNC(=O)Cc1csc(-c2cccnc2)n1. The fraction of sp³-hybridized carbons (Fsp3) is 0.250. The van der Waals surface area contributed by atoms with E-state index in [0.29, 0.717) is 13.0 Å². The first-order valence-corrected chi connectivity index (χ1v) is 8.18. The number of rotatable bonds is 6. The van der Waals surface area contributed by atoms with Crippen LogP contribution in [0.2, 0.25) is 0 Å². The van der Waals surface area contributed by atoms with Crippen molar-refractivity contribution in [3.8, 4) is 10.6 Å². The molecule has 1 N–H and O–H groups in total. The Morgan fingerprint density at radius 2 is 2.30 bits per heavy atom. The number of aromatic nitrogens is 4. The van der Waals surface area contributed by atoms with Crippen LogP contribution >= 0.6 is 11.3 Å². The monoisotopic (exact) mass is 327 g/mol. The van der Waals surface area contributed by atoms with E-state index in [-0.39, 0.29) is 12.3 Å². The van der Waals surface area contributed by atoms with E-state index >= 15 is 0 Å². The van der Waals surface area contributed by atoms with E-state index in [1.165, 1.54) is 11.3 Å². The van der Waals surface area contributed by atoms with Crippen LogP contribution in [-0.2, 0) is 24.7 Å². The molecule has 3 aromatic heterocycles. The number of nitrogens with zero attached hydrogens (tertiary/aromatic N) is 4. The highest BCUT2D eigenvalue weighted by atomic mass is 32.1. The van der Waals surface area contributed by atoms with Crippen molar-refractivity contribution in [3.63, 3.8) is 0 Å². The van der Waals surface area contributed by atoms with Crippen LogP contribution in [0.3, 0.4) is 0 Å². The van der Waals surface area contributed by atoms with Gasteiger partial charge in [-0.25, -0.2) is 9.97 Å². The molecule has 0 saturated heterocycles. The molecule has 0 spiro atoms. The maximum absolute atomic E-state index is 12.0. The van der Waals surface area contributed by atoms with Gasteiger partial charge in [-0.15, -0.1) is 11.3 Å². The predicted octanol–water partition coefficient (Wildman–Crippen LogP) is 1.84. The van der Waals surface area contributed by atoms with Crippen LogP contribution < -0.4 is 5.32 Å². The van der Waals surface area contributed by atoms with Gasteiger partial charge < -0.3 is 9.88 Å². The summed E-state index contributed by atoms with van der Waals surface area (Å²) in [6.07, 6.45) is 8.16. The molecule has 0 unspecified atom stereocenters. The Hall–Kier alpha value is -2.54. The molecule has 0 aliphatic carbocycles. The maximum atomic E-state index is 12.0. The normalized spacial score (nSPS) is 10.7. The predicted molar refractivity (Wildman–Crippen MR) is 89.0 cm³/mol. The molecular weight excluding hydrogens is 310 g/mol. The molecule has 0 bridgehead atoms. The number of amides is 1. The van der Waals surface area contributed by atoms with Gasteiger partial charge >= 0.3 is 0 Å². The van der Waals surface area contributed by atoms with Gasteiger partial charge in [0.2, 0.25) is 5.91 Å². The van der Waals surface area contributed by atoms with Crippen molar-refractivity contribution >= 4 is 17.2 Å². The van der Waals surface area contributed by atoms with E-state index < -0.39 is 0 Å². The van der Waals surface area contributed by atoms with Gasteiger partial charge in [-0.05, 0) is 12.1 Å². The Morgan fingerprint density at radius 1 is 1.39 bits per heavy atom. The van der Waals surface area contributed by atoms with Crippen molar-refractivity contribution in [2.75, 3.05) is 6.54 Å². The smallest absolute Gasteiger partial charge is 0.226 e. The summed E-state index contributed by atoms with van der Waals surface area (Å²) in [7, 11) is 1.94. The number of nitrogens with one attached hydrogen (secondary N) is 1. The lowest BCUT2D eigenvalue weighted by Crippen LogP contribution is -2.27. The number of pyridine rings is 1. The number of imidazole rings is 1. The molecular formula is C16H17N5OS. The zero-order valence-corrected chi connectivity index (χ0v) is 13.6. The Morgan fingerprint density at radius 3 is 3.04 bits per heavy atom. The summed E-state index contributed by atoms with van der Waals surface area (Å²) in [5.74, 6) is 0.931. The molecule has 0 atom stereocenters. The molecule has 0 fully saturated rings. The van der Waals surface area contributed by atoms with Gasteiger partial charge in [0.05, 0.1) is 12.1 Å². The molecule has 3 heterocycles. The molecule has 0 aliphatic heterocycles. The Bertz CT molecular complexity index is 781. The van der Waals surface area contributed by atoms with Crippen LogP contribution in [0.4, 0.5) is 0 Å². The third kappa shape index (κ3) is 4.01. The highest BCUT2D eigenvalue weighted by molar-refractivity contribution is 7.13. The summed E-state index contributed by atoms with van der Waals surface area (Å²) < 4.78 is 1.95. The van der Waals surface area contributed by atoms with Crippen molar-refractivity contribution in [1.82, 2.24) is 24.8 Å². The first-order valence-electron chi connectivity index (χ1n) is 7.30. The molecule has 3 aromatic rings. The Balaban J connectivity index is 1.50. The van der Waals surface area contributed by atoms with Gasteiger partial charge in [-0.3, -0.25) is 9.78 Å². The van der Waals surface area contributed by atoms with Crippen molar-refractivity contribution in [2.24, 2.45) is 7.05 Å². The van der Waals surface area contributed by atoms with Gasteiger partial charge in [-0.1, -0.05) is 0 Å². The fourth-order valence-corrected chi connectivity index (χ4v) is 3.00. The van der Waals surface area contributed by atoms with Crippen molar-refractivity contribution in [1.29, 1.82) is 0 Å². The van der Waals surface area contributed by atoms with Crippen LogP contribution in [0, 0.1) is 0 Å². The second kappa shape index (κ2) is 7.15. The van der Waals surface area contributed by atoms with Crippen molar-refractivity contribution in [2.45, 2.75) is 12.8 Å². The highest BCUT2D eigenvalue weighted by Crippen LogP contribution is 2.22. The second-order valence-electron chi connectivity index (χ2n) is 5.12. The lowest BCUT2D eigenvalue weighted by molar-refractivity contribution is -0.120. The quantitative estimate of drug-likeness (QED) is 0.750. The van der Waals surface area contributed by atoms with Crippen LogP contribution in [0.15, 0.2) is 42.3 Å². The van der Waals surface area contributed by atoms with E-state index in [1.807, 2.05) is 35.3 Å². The molecule has 0 radical (unpaired) electrons. The summed E-state index contributed by atoms with van der Waals surface area (Å²) in [5, 5.41) is 5.71. The lowest BCUT2D eigenvalue weighted by atomic mass is 10.3. The molecule has 6 nitrogen and oxygen atoms in total. The number of thiazole rings is 1. The molecule has 23 heavy (non-hydrogen) atoms. The molecule has 1 amide bonds. The largest absolute Gasteiger partial charge is 0.355 e. The molecule has 3 rings (SSSR count). The standard InChI is InChI=1S/C16H17N5OS/c1-21-8-7-18-14(21)4-6-19-15(22)9-13-11-23-16(20-13)12-3-2-5-17-10-12/h2-3,5,7-8,10-11H,4,6,9H2,1H3,(H,19,22). The summed E-state index contributed by atoms with van der Waals surface area (Å²) in [6, 6.07) is 3.84. The molecule has 0 aromatic carbocycles. The number of aryl methyl sites for hydroxylation is 1. The average Bonchev–Trinajstić information content (AvgIpc) is 3.18. The number of hydrogen-bond acceptors (Lipinski definition) is 5. The minimum Gasteiger partial charge on any atom is -0.355 e. The molecule has 0 saturated carbocycles. The first kappa shape index (κ1) is 15.4. The summed E-state index contributed by atoms with van der Waals surface area (Å²) in [5.41, 5.74) is 1.75. The van der Waals surface area contributed by atoms with Crippen LogP contribution in [0.25, 0.3) is 10.6 Å². The fourth-order valence-electron chi connectivity index (χ4n) is 2.19. The van der Waals surface area contributed by atoms with Gasteiger partial charge in [0.15, 0.2) is 0 Å². The lowest BCUT2D eigenvalue weighted by Gasteiger charge is -2.04. The Kier molecular flexibility index (Phi) is 4.77. The zero-order valence-electron chi connectivity index (χ0n) is 12.8. The van der Waals surface area contributed by atoms with Crippen LogP contribution in [0.5, 0.6) is 0 Å². The van der Waals surface area contributed by atoms with Crippen LogP contribution in [-0.4, -0.2) is 32.0 Å². The first-order chi connectivity index (χ1) is 11.2. The van der Waals surface area contributed by atoms with Crippen molar-refractivity contribution < 1.29 is 4.79 Å².